The second kappa shape index (κ2) is 11.4. The van der Waals surface area contributed by atoms with Crippen molar-refractivity contribution < 1.29 is 16.8 Å². The van der Waals surface area contributed by atoms with Crippen LogP contribution in [0.2, 0.25) is 0 Å². The Morgan fingerprint density at radius 3 is 1.70 bits per heavy atom. The van der Waals surface area contributed by atoms with Crippen molar-refractivity contribution in [3.05, 3.63) is 81.4 Å². The highest BCUT2D eigenvalue weighted by Gasteiger charge is 2.66. The fraction of sp³-hybridized carbons (Fsp3) is 0.321. The highest BCUT2D eigenvalue weighted by molar-refractivity contribution is 9.12. The van der Waals surface area contributed by atoms with Crippen LogP contribution >= 0.6 is 106 Å². The molecule has 0 aliphatic heterocycles. The van der Waals surface area contributed by atoms with Crippen molar-refractivity contribution >= 4 is 122 Å². The van der Waals surface area contributed by atoms with Crippen LogP contribution in [0.4, 0.5) is 0 Å². The monoisotopic (exact) mass is 962 g/mol. The molecule has 4 nitrogen and oxygen atoms in total. The maximum absolute atomic E-state index is 14.5. The molecule has 2 atom stereocenters. The van der Waals surface area contributed by atoms with Gasteiger partial charge in [0.1, 0.15) is 5.78 Å². The molecule has 2 bridgehead atoms. The average Bonchev–Trinajstić information content (AvgIpc) is 3.17. The predicted molar refractivity (Wildman–Crippen MR) is 181 cm³/mol. The Hall–Kier alpha value is 0.470. The first-order chi connectivity index (χ1) is 18.6. The van der Waals surface area contributed by atoms with E-state index in [1.165, 1.54) is 0 Å². The molecule has 2 saturated carbocycles. The van der Waals surface area contributed by atoms with Gasteiger partial charge in [0, 0.05) is 38.2 Å². The molecule has 2 aliphatic carbocycles. The zero-order valence-corrected chi connectivity index (χ0v) is 32.5. The molecule has 0 radical (unpaired) electrons. The summed E-state index contributed by atoms with van der Waals surface area (Å²) in [4.78, 5) is 15.3. The summed E-state index contributed by atoms with van der Waals surface area (Å²) in [6.07, 6.45) is 1.82. The standard InChI is InChI=1S/C28H24Br6O4S2/c1-27(2)16-8-9-28(27,24(35)10-16)15-39(36,37)38-40(19-6-4-3-5-7-19,25-20(31)11-17(29)12-21(25)32)26-22(33)13-18(30)14-23(26)34/h3-7,11-14,16H,8-10,15H2,1-2H3. The Labute approximate surface area is 287 Å². The molecule has 5 rings (SSSR count). The van der Waals surface area contributed by atoms with Crippen molar-refractivity contribution in [1.29, 1.82) is 0 Å². The average molecular weight is 968 g/mol. The van der Waals surface area contributed by atoms with Crippen LogP contribution in [0.3, 0.4) is 0 Å². The SMILES string of the molecule is CC1(C)C2CCC1(CS(=O)(=O)OS(c1ccccc1)(c1c(Br)cc(Br)cc1Br)c1c(Br)cc(Br)cc1Br)C(=O)C2. The number of benzene rings is 3. The summed E-state index contributed by atoms with van der Waals surface area (Å²) in [5.41, 5.74) is -1.40. The van der Waals surface area contributed by atoms with Crippen LogP contribution in [-0.4, -0.2) is 20.0 Å². The number of carbonyl (C=O) groups excluding carboxylic acids is 1. The lowest BCUT2D eigenvalue weighted by Gasteiger charge is -2.43. The summed E-state index contributed by atoms with van der Waals surface area (Å²) in [6.45, 7) is 4.07. The number of fused-ring (bicyclic) bond motifs is 2. The molecule has 0 spiro atoms. The Balaban J connectivity index is 1.82. The minimum Gasteiger partial charge on any atom is -0.299 e. The summed E-state index contributed by atoms with van der Waals surface area (Å²) >= 11 is 22.1. The van der Waals surface area contributed by atoms with Gasteiger partial charge < -0.3 is 0 Å². The summed E-state index contributed by atoms with van der Waals surface area (Å²) in [6, 6.07) is 16.9. The lowest BCUT2D eigenvalue weighted by atomic mass is 9.70. The van der Waals surface area contributed by atoms with E-state index in [9.17, 15) is 13.2 Å². The molecular weight excluding hydrogens is 944 g/mol. The maximum Gasteiger partial charge on any atom is 0.278 e. The molecule has 0 saturated heterocycles. The third-order valence-corrected chi connectivity index (χ3v) is 18.3. The number of halogens is 6. The predicted octanol–water partition coefficient (Wildman–Crippen LogP) is 11.2. The highest BCUT2D eigenvalue weighted by Crippen LogP contribution is 2.76. The molecule has 40 heavy (non-hydrogen) atoms. The normalized spacial score (nSPS) is 22.6. The van der Waals surface area contributed by atoms with Crippen LogP contribution in [-0.2, 0) is 18.5 Å². The third-order valence-electron chi connectivity index (χ3n) is 8.34. The van der Waals surface area contributed by atoms with E-state index in [0.717, 1.165) is 15.4 Å². The molecule has 3 aromatic carbocycles. The van der Waals surface area contributed by atoms with Crippen molar-refractivity contribution in [2.24, 2.45) is 16.7 Å². The summed E-state index contributed by atoms with van der Waals surface area (Å²) in [5.74, 6) is -0.147. The molecule has 2 fully saturated rings. The summed E-state index contributed by atoms with van der Waals surface area (Å²) in [5, 5.41) is 0. The molecular formula is C28H24Br6O4S2. The van der Waals surface area contributed by atoms with Gasteiger partial charge in [-0.05, 0) is 135 Å². The van der Waals surface area contributed by atoms with Gasteiger partial charge in [-0.1, -0.05) is 63.9 Å². The van der Waals surface area contributed by atoms with Gasteiger partial charge in [0.05, 0.1) is 21.0 Å². The highest BCUT2D eigenvalue weighted by atomic mass is 79.9. The third kappa shape index (κ3) is 5.25. The first-order valence-electron chi connectivity index (χ1n) is 12.3. The van der Waals surface area contributed by atoms with E-state index in [4.69, 9.17) is 3.63 Å². The molecule has 2 aliphatic rings. The van der Waals surface area contributed by atoms with Gasteiger partial charge in [-0.15, -0.1) is 0 Å². The van der Waals surface area contributed by atoms with E-state index in [-0.39, 0.29) is 17.5 Å². The van der Waals surface area contributed by atoms with Crippen molar-refractivity contribution in [1.82, 2.24) is 0 Å². The van der Waals surface area contributed by atoms with Crippen LogP contribution in [0.5, 0.6) is 0 Å². The number of Topliss-reactive ketones (excluding diaryl/α,β-unsaturated/α-hetero) is 1. The zero-order chi connectivity index (χ0) is 29.3. The van der Waals surface area contributed by atoms with E-state index in [2.05, 4.69) is 95.6 Å². The Morgan fingerprint density at radius 1 is 0.825 bits per heavy atom. The van der Waals surface area contributed by atoms with Crippen molar-refractivity contribution in [3.63, 3.8) is 0 Å². The quantitative estimate of drug-likeness (QED) is 0.237. The number of rotatable bonds is 7. The van der Waals surface area contributed by atoms with Gasteiger partial charge in [-0.3, -0.25) is 4.79 Å². The first kappa shape index (κ1) is 31.9. The fourth-order valence-electron chi connectivity index (χ4n) is 6.25. The van der Waals surface area contributed by atoms with Crippen molar-refractivity contribution in [2.75, 3.05) is 5.75 Å². The van der Waals surface area contributed by atoms with Crippen LogP contribution in [0, 0.1) is 16.7 Å². The largest absolute Gasteiger partial charge is 0.299 e. The van der Waals surface area contributed by atoms with Crippen LogP contribution in [0.25, 0.3) is 0 Å². The van der Waals surface area contributed by atoms with E-state index in [1.807, 2.05) is 68.4 Å². The lowest BCUT2D eigenvalue weighted by Crippen LogP contribution is -2.42. The Kier molecular flexibility index (Phi) is 9.11. The van der Waals surface area contributed by atoms with Gasteiger partial charge in [-0.25, -0.2) is 3.63 Å². The van der Waals surface area contributed by atoms with Crippen molar-refractivity contribution in [3.8, 4) is 0 Å². The molecule has 0 amide bonds. The number of hydrogen-bond acceptors (Lipinski definition) is 4. The molecule has 0 aromatic heterocycles. The van der Waals surface area contributed by atoms with Crippen LogP contribution in [0.15, 0.2) is 96.1 Å². The second-order valence-corrected chi connectivity index (χ2v) is 20.3. The molecule has 0 N–H and O–H groups in total. The molecule has 214 valence electrons. The first-order valence-corrected chi connectivity index (χ1v) is 20.2. The minimum atomic E-state index is -4.29. The fourth-order valence-corrected chi connectivity index (χ4v) is 19.6. The number of carbonyl (C=O) groups is 1. The van der Waals surface area contributed by atoms with Crippen LogP contribution < -0.4 is 0 Å². The maximum atomic E-state index is 14.5. The number of ketones is 1. The Bertz CT molecular complexity index is 1520. The van der Waals surface area contributed by atoms with E-state index >= 15 is 0 Å². The number of hydrogen-bond donors (Lipinski definition) is 0. The topological polar surface area (TPSA) is 60.4 Å². The Morgan fingerprint density at radius 2 is 1.30 bits per heavy atom. The molecule has 2 unspecified atom stereocenters. The second-order valence-electron chi connectivity index (χ2n) is 10.7. The molecule has 0 heterocycles. The van der Waals surface area contributed by atoms with Crippen LogP contribution in [0.1, 0.15) is 33.1 Å². The minimum absolute atomic E-state index is 0.0261. The molecule has 3 aromatic rings. The van der Waals surface area contributed by atoms with E-state index < -0.39 is 31.3 Å². The van der Waals surface area contributed by atoms with Crippen molar-refractivity contribution in [2.45, 2.75) is 47.8 Å². The van der Waals surface area contributed by atoms with Gasteiger partial charge in [0.25, 0.3) is 10.1 Å². The van der Waals surface area contributed by atoms with Gasteiger partial charge in [0.2, 0.25) is 0 Å². The van der Waals surface area contributed by atoms with E-state index in [0.29, 0.717) is 45.4 Å². The summed E-state index contributed by atoms with van der Waals surface area (Å²) in [7, 11) is -7.29. The van der Waals surface area contributed by atoms with E-state index in [1.54, 1.807) is 0 Å². The van der Waals surface area contributed by atoms with Gasteiger partial charge in [-0.2, -0.15) is 8.42 Å². The summed E-state index contributed by atoms with van der Waals surface area (Å²) < 4.78 is 39.9. The van der Waals surface area contributed by atoms with Gasteiger partial charge in [0.15, 0.2) is 0 Å². The molecule has 12 heteroatoms. The lowest BCUT2D eigenvalue weighted by molar-refractivity contribution is -0.128. The van der Waals surface area contributed by atoms with Gasteiger partial charge >= 0.3 is 0 Å². The zero-order valence-electron chi connectivity index (χ0n) is 21.3. The smallest absolute Gasteiger partial charge is 0.278 e.